The van der Waals surface area contributed by atoms with Crippen LogP contribution in [0, 0.1) is 0 Å². The molecule has 0 radical (unpaired) electrons. The first-order valence-electron chi connectivity index (χ1n) is 11.1. The number of fused-ring (bicyclic) bond motifs is 1. The van der Waals surface area contributed by atoms with E-state index in [1.165, 1.54) is 36.0 Å². The van der Waals surface area contributed by atoms with E-state index in [1.54, 1.807) is 19.1 Å². The summed E-state index contributed by atoms with van der Waals surface area (Å²) in [6.45, 7) is 1.75. The van der Waals surface area contributed by atoms with Gasteiger partial charge in [-0.2, -0.15) is 0 Å². The molecule has 1 atom stereocenters. The van der Waals surface area contributed by atoms with Gasteiger partial charge < -0.3 is 10.3 Å². The van der Waals surface area contributed by atoms with Gasteiger partial charge in [-0.1, -0.05) is 41.6 Å². The van der Waals surface area contributed by atoms with Crippen molar-refractivity contribution in [2.45, 2.75) is 22.2 Å². The lowest BCUT2D eigenvalue weighted by Crippen LogP contribution is -2.23. The second-order valence-electron chi connectivity index (χ2n) is 8.18. The Hall–Kier alpha value is -3.64. The number of benzene rings is 3. The number of rotatable bonds is 7. The molecule has 4 N–H and O–H groups in total. The maximum absolute atomic E-state index is 12.9. The Bertz CT molecular complexity index is 1700. The van der Waals surface area contributed by atoms with Crippen molar-refractivity contribution < 1.29 is 13.2 Å². The molecule has 188 valence electrons. The van der Waals surface area contributed by atoms with Crippen molar-refractivity contribution in [2.24, 2.45) is 5.14 Å². The number of amides is 1. The number of carbonyl (C=O) groups excluding carboxylic acids is 1. The smallest absolute Gasteiger partial charge is 0.238 e. The van der Waals surface area contributed by atoms with E-state index >= 15 is 0 Å². The molecule has 2 aromatic heterocycles. The number of nitrogens with one attached hydrogen (secondary N) is 2. The highest BCUT2D eigenvalue weighted by atomic mass is 35.5. The number of nitrogens with zero attached hydrogens (tertiary/aromatic N) is 3. The molecule has 0 saturated carbocycles. The summed E-state index contributed by atoms with van der Waals surface area (Å²) in [4.78, 5) is 16.2. The lowest BCUT2D eigenvalue weighted by atomic mass is 10.1. The van der Waals surface area contributed by atoms with Crippen LogP contribution in [-0.2, 0) is 14.8 Å². The number of aromatic nitrogens is 4. The largest absolute Gasteiger partial charge is 0.360 e. The first-order valence-corrected chi connectivity index (χ1v) is 13.9. The van der Waals surface area contributed by atoms with E-state index in [-0.39, 0.29) is 10.8 Å². The highest BCUT2D eigenvalue weighted by molar-refractivity contribution is 8.00. The van der Waals surface area contributed by atoms with Crippen molar-refractivity contribution in [2.75, 3.05) is 5.32 Å². The lowest BCUT2D eigenvalue weighted by molar-refractivity contribution is -0.115. The van der Waals surface area contributed by atoms with Crippen LogP contribution in [0.1, 0.15) is 6.92 Å². The van der Waals surface area contributed by atoms with Crippen molar-refractivity contribution in [3.05, 3.63) is 84.0 Å². The predicted octanol–water partition coefficient (Wildman–Crippen LogP) is 4.84. The number of halogens is 1. The van der Waals surface area contributed by atoms with Crippen LogP contribution >= 0.6 is 23.4 Å². The number of sulfonamides is 1. The number of primary sulfonamides is 1. The summed E-state index contributed by atoms with van der Waals surface area (Å²) in [7, 11) is -3.81. The third-order valence-corrected chi connectivity index (χ3v) is 7.87. The summed E-state index contributed by atoms with van der Waals surface area (Å²) in [6.07, 6.45) is 1.89. The Morgan fingerprint density at radius 3 is 2.46 bits per heavy atom. The summed E-state index contributed by atoms with van der Waals surface area (Å²) in [5.74, 6) is 0.334. The first-order chi connectivity index (χ1) is 17.7. The van der Waals surface area contributed by atoms with E-state index in [2.05, 4.69) is 20.5 Å². The monoisotopic (exact) mass is 552 g/mol. The van der Waals surface area contributed by atoms with Gasteiger partial charge in [-0.25, -0.2) is 13.6 Å². The van der Waals surface area contributed by atoms with Gasteiger partial charge in [-0.05, 0) is 61.5 Å². The molecule has 0 fully saturated rings. The van der Waals surface area contributed by atoms with Crippen molar-refractivity contribution in [3.8, 4) is 17.1 Å². The van der Waals surface area contributed by atoms with Crippen molar-refractivity contribution in [1.29, 1.82) is 0 Å². The molecular weight excluding hydrogens is 532 g/mol. The van der Waals surface area contributed by atoms with E-state index in [0.717, 1.165) is 22.2 Å². The number of thioether (sulfide) groups is 1. The molecule has 5 rings (SSSR count). The van der Waals surface area contributed by atoms with E-state index in [9.17, 15) is 13.2 Å². The summed E-state index contributed by atoms with van der Waals surface area (Å²) < 4.78 is 24.8. The van der Waals surface area contributed by atoms with Crippen LogP contribution in [0.5, 0.6) is 0 Å². The standard InChI is InChI=1S/C25H21ClN6O3S2/c1-15(24(33)29-17-8-12-19(13-9-17)37(27,34)35)36-25-31-30-23(32(25)18-10-6-16(26)7-11-18)21-14-28-22-5-3-2-4-20(21)22/h2-15,28H,1H3,(H,29,33)(H2,27,34,35)/t15-/m1/s1. The third-order valence-electron chi connectivity index (χ3n) is 5.65. The zero-order chi connectivity index (χ0) is 26.2. The van der Waals surface area contributed by atoms with Gasteiger partial charge in [0.1, 0.15) is 0 Å². The molecule has 0 unspecified atom stereocenters. The number of hydrogen-bond donors (Lipinski definition) is 3. The molecule has 37 heavy (non-hydrogen) atoms. The topological polar surface area (TPSA) is 136 Å². The van der Waals surface area contributed by atoms with Crippen LogP contribution in [0.15, 0.2) is 89.0 Å². The minimum absolute atomic E-state index is 0.0335. The number of aromatic amines is 1. The minimum atomic E-state index is -3.81. The Labute approximate surface area is 222 Å². The van der Waals surface area contributed by atoms with Crippen molar-refractivity contribution >= 4 is 55.9 Å². The molecule has 9 nitrogen and oxygen atoms in total. The molecule has 2 heterocycles. The van der Waals surface area contributed by atoms with Crippen LogP contribution in [-0.4, -0.2) is 39.3 Å². The second-order valence-corrected chi connectivity index (χ2v) is 11.5. The van der Waals surface area contributed by atoms with Crippen LogP contribution in [0.4, 0.5) is 5.69 Å². The molecule has 5 aromatic rings. The number of H-pyrrole nitrogens is 1. The Morgan fingerprint density at radius 1 is 1.05 bits per heavy atom. The van der Waals surface area contributed by atoms with Gasteiger partial charge in [0.2, 0.25) is 15.9 Å². The summed E-state index contributed by atoms with van der Waals surface area (Å²) in [6, 6.07) is 20.9. The van der Waals surface area contributed by atoms with E-state index < -0.39 is 15.3 Å². The number of anilines is 1. The third kappa shape index (κ3) is 5.25. The van der Waals surface area contributed by atoms with Crippen LogP contribution < -0.4 is 10.5 Å². The maximum Gasteiger partial charge on any atom is 0.238 e. The van der Waals surface area contributed by atoms with E-state index in [4.69, 9.17) is 16.7 Å². The fourth-order valence-electron chi connectivity index (χ4n) is 3.78. The molecule has 0 saturated heterocycles. The Morgan fingerprint density at radius 2 is 1.76 bits per heavy atom. The van der Waals surface area contributed by atoms with Crippen molar-refractivity contribution in [3.63, 3.8) is 0 Å². The van der Waals surface area contributed by atoms with Crippen LogP contribution in [0.3, 0.4) is 0 Å². The highest BCUT2D eigenvalue weighted by Crippen LogP contribution is 2.34. The normalized spacial score (nSPS) is 12.5. The maximum atomic E-state index is 12.9. The molecule has 0 bridgehead atoms. The second kappa shape index (κ2) is 10.0. The number of para-hydroxylation sites is 1. The van der Waals surface area contributed by atoms with Gasteiger partial charge in [0.15, 0.2) is 11.0 Å². The predicted molar refractivity (Wildman–Crippen MR) is 145 cm³/mol. The zero-order valence-corrected chi connectivity index (χ0v) is 21.8. The summed E-state index contributed by atoms with van der Waals surface area (Å²) in [5.41, 5.74) is 3.09. The van der Waals surface area contributed by atoms with Gasteiger partial charge in [0.25, 0.3) is 0 Å². The van der Waals surface area contributed by atoms with Crippen LogP contribution in [0.2, 0.25) is 5.02 Å². The average molecular weight is 553 g/mol. The highest BCUT2D eigenvalue weighted by Gasteiger charge is 2.23. The molecular formula is C25H21ClN6O3S2. The Kier molecular flexibility index (Phi) is 6.78. The SMILES string of the molecule is C[C@@H](Sc1nnc(-c2c[nH]c3ccccc23)n1-c1ccc(Cl)cc1)C(=O)Nc1ccc(S(N)(=O)=O)cc1. The first kappa shape index (κ1) is 25.0. The average Bonchev–Trinajstić information content (AvgIpc) is 3.48. The zero-order valence-electron chi connectivity index (χ0n) is 19.4. The molecule has 0 aliphatic heterocycles. The van der Waals surface area contributed by atoms with Gasteiger partial charge in [-0.3, -0.25) is 9.36 Å². The summed E-state index contributed by atoms with van der Waals surface area (Å²) >= 11 is 7.37. The quantitative estimate of drug-likeness (QED) is 0.247. The van der Waals surface area contributed by atoms with Crippen LogP contribution in [0.25, 0.3) is 28.0 Å². The van der Waals surface area contributed by atoms with Gasteiger partial charge in [-0.15, -0.1) is 10.2 Å². The summed E-state index contributed by atoms with van der Waals surface area (Å²) in [5, 5.41) is 18.4. The van der Waals surface area contributed by atoms with Gasteiger partial charge >= 0.3 is 0 Å². The molecule has 1 amide bonds. The lowest BCUT2D eigenvalue weighted by Gasteiger charge is -2.14. The molecule has 0 spiro atoms. The van der Waals surface area contributed by atoms with E-state index in [0.29, 0.717) is 21.7 Å². The molecule has 0 aliphatic carbocycles. The van der Waals surface area contributed by atoms with Crippen molar-refractivity contribution in [1.82, 2.24) is 19.7 Å². The fourth-order valence-corrected chi connectivity index (χ4v) is 5.29. The van der Waals surface area contributed by atoms with E-state index in [1.807, 2.05) is 47.2 Å². The Balaban J connectivity index is 1.45. The number of carbonyl (C=O) groups is 1. The minimum Gasteiger partial charge on any atom is -0.360 e. The number of nitrogens with two attached hydrogens (primary N) is 1. The molecule has 3 aromatic carbocycles. The molecule has 0 aliphatic rings. The fraction of sp³-hybridized carbons (Fsp3) is 0.0800. The van der Waals surface area contributed by atoms with Gasteiger partial charge in [0.05, 0.1) is 10.1 Å². The molecule has 12 heteroatoms. The van der Waals surface area contributed by atoms with Gasteiger partial charge in [0, 0.05) is 39.1 Å². The number of hydrogen-bond acceptors (Lipinski definition) is 6.